The Balaban J connectivity index is 2.81. The van der Waals surface area contributed by atoms with Gasteiger partial charge in [-0.3, -0.25) is 4.79 Å². The molecule has 1 N–H and O–H groups in total. The van der Waals surface area contributed by atoms with E-state index in [0.717, 1.165) is 0 Å². The lowest BCUT2D eigenvalue weighted by Crippen LogP contribution is -2.26. The van der Waals surface area contributed by atoms with Crippen molar-refractivity contribution < 1.29 is 13.9 Å². The molecule has 0 aliphatic rings. The summed E-state index contributed by atoms with van der Waals surface area (Å²) in [5.74, 6) is -0.639. The fourth-order valence-corrected chi connectivity index (χ4v) is 1.44. The lowest BCUT2D eigenvalue weighted by Gasteiger charge is -2.11. The van der Waals surface area contributed by atoms with Gasteiger partial charge < -0.3 is 10.1 Å². The summed E-state index contributed by atoms with van der Waals surface area (Å²) in [5.41, 5.74) is 0.463. The van der Waals surface area contributed by atoms with Crippen molar-refractivity contribution in [3.63, 3.8) is 0 Å². The fourth-order valence-electron chi connectivity index (χ4n) is 0.942. The third kappa shape index (κ3) is 3.13. The number of amides is 1. The summed E-state index contributed by atoms with van der Waals surface area (Å²) in [6.07, 6.45) is -0.552. The zero-order valence-corrected chi connectivity index (χ0v) is 10.5. The van der Waals surface area contributed by atoms with E-state index >= 15 is 0 Å². The number of ether oxygens (including phenoxy) is 1. The molecule has 5 heteroatoms. The topological polar surface area (TPSA) is 38.3 Å². The van der Waals surface area contributed by atoms with Gasteiger partial charge in [0.2, 0.25) is 0 Å². The number of nitrogens with one attached hydrogen (secondary N) is 1. The summed E-state index contributed by atoms with van der Waals surface area (Å²) in [5, 5.41) is 2.59. The predicted molar refractivity (Wildman–Crippen MR) is 64.2 cm³/mol. The van der Waals surface area contributed by atoms with Gasteiger partial charge in [-0.25, -0.2) is 4.39 Å². The SMILES string of the molecule is COC(C)C(=O)Nc1cccc(F)c1I. The molecule has 1 atom stereocenters. The largest absolute Gasteiger partial charge is 0.372 e. The van der Waals surface area contributed by atoms with Gasteiger partial charge in [0.25, 0.3) is 5.91 Å². The van der Waals surface area contributed by atoms with E-state index in [1.165, 1.54) is 13.2 Å². The second-order valence-corrected chi connectivity index (χ2v) is 4.05. The van der Waals surface area contributed by atoms with Crippen LogP contribution in [-0.4, -0.2) is 19.1 Å². The minimum atomic E-state index is -0.552. The Labute approximate surface area is 101 Å². The molecule has 3 nitrogen and oxygen atoms in total. The molecule has 0 aliphatic heterocycles. The third-order valence-corrected chi connectivity index (χ3v) is 3.03. The molecule has 0 bridgehead atoms. The van der Waals surface area contributed by atoms with Crippen molar-refractivity contribution in [1.29, 1.82) is 0 Å². The number of benzene rings is 1. The van der Waals surface area contributed by atoms with Crippen LogP contribution in [-0.2, 0) is 9.53 Å². The first-order chi connectivity index (χ1) is 7.06. The first kappa shape index (κ1) is 12.4. The molecule has 15 heavy (non-hydrogen) atoms. The van der Waals surface area contributed by atoms with Crippen LogP contribution in [0.3, 0.4) is 0 Å². The monoisotopic (exact) mass is 323 g/mol. The van der Waals surface area contributed by atoms with Crippen LogP contribution in [0, 0.1) is 9.39 Å². The first-order valence-corrected chi connectivity index (χ1v) is 5.41. The number of carbonyl (C=O) groups excluding carboxylic acids is 1. The van der Waals surface area contributed by atoms with Gasteiger partial charge in [-0.2, -0.15) is 0 Å². The number of rotatable bonds is 3. The van der Waals surface area contributed by atoms with E-state index in [9.17, 15) is 9.18 Å². The summed E-state index contributed by atoms with van der Waals surface area (Å²) in [4.78, 5) is 11.4. The van der Waals surface area contributed by atoms with Gasteiger partial charge in [0, 0.05) is 7.11 Å². The van der Waals surface area contributed by atoms with Crippen LogP contribution in [0.5, 0.6) is 0 Å². The lowest BCUT2D eigenvalue weighted by molar-refractivity contribution is -0.124. The highest BCUT2D eigenvalue weighted by Crippen LogP contribution is 2.20. The number of methoxy groups -OCH3 is 1. The van der Waals surface area contributed by atoms with E-state index in [1.807, 2.05) is 22.6 Å². The van der Waals surface area contributed by atoms with Crippen LogP contribution in [0.25, 0.3) is 0 Å². The van der Waals surface area contributed by atoms with Crippen molar-refractivity contribution >= 4 is 34.2 Å². The van der Waals surface area contributed by atoms with Crippen LogP contribution in [0.2, 0.25) is 0 Å². The quantitative estimate of drug-likeness (QED) is 0.868. The highest BCUT2D eigenvalue weighted by Gasteiger charge is 2.13. The number of anilines is 1. The van der Waals surface area contributed by atoms with Crippen LogP contribution in [0.4, 0.5) is 10.1 Å². The summed E-state index contributed by atoms with van der Waals surface area (Å²) < 4.78 is 18.4. The number of carbonyl (C=O) groups is 1. The highest BCUT2D eigenvalue weighted by molar-refractivity contribution is 14.1. The highest BCUT2D eigenvalue weighted by atomic mass is 127. The Morgan fingerprint density at radius 1 is 1.60 bits per heavy atom. The van der Waals surface area contributed by atoms with Crippen LogP contribution >= 0.6 is 22.6 Å². The second kappa shape index (κ2) is 5.41. The van der Waals surface area contributed by atoms with E-state index < -0.39 is 6.10 Å². The van der Waals surface area contributed by atoms with Crippen molar-refractivity contribution in [2.75, 3.05) is 12.4 Å². The lowest BCUT2D eigenvalue weighted by atomic mass is 10.3. The minimum absolute atomic E-state index is 0.291. The molecule has 1 aromatic carbocycles. The van der Waals surface area contributed by atoms with Crippen molar-refractivity contribution in [2.24, 2.45) is 0 Å². The molecule has 0 saturated carbocycles. The summed E-state index contributed by atoms with van der Waals surface area (Å²) >= 11 is 1.84. The van der Waals surface area contributed by atoms with E-state index in [4.69, 9.17) is 4.74 Å². The Kier molecular flexibility index (Phi) is 4.46. The molecule has 1 amide bonds. The smallest absolute Gasteiger partial charge is 0.253 e. The Morgan fingerprint density at radius 3 is 2.87 bits per heavy atom. The molecule has 0 spiro atoms. The fraction of sp³-hybridized carbons (Fsp3) is 0.300. The maximum absolute atomic E-state index is 13.1. The molecular formula is C10H11FINO2. The molecule has 0 aromatic heterocycles. The molecule has 0 heterocycles. The van der Waals surface area contributed by atoms with E-state index in [-0.39, 0.29) is 11.7 Å². The average Bonchev–Trinajstić information content (AvgIpc) is 2.23. The van der Waals surface area contributed by atoms with Gasteiger partial charge in [-0.1, -0.05) is 6.07 Å². The van der Waals surface area contributed by atoms with Crippen molar-refractivity contribution in [2.45, 2.75) is 13.0 Å². The van der Waals surface area contributed by atoms with Crippen LogP contribution in [0.1, 0.15) is 6.92 Å². The number of hydrogen-bond acceptors (Lipinski definition) is 2. The molecule has 82 valence electrons. The zero-order valence-electron chi connectivity index (χ0n) is 8.38. The normalized spacial score (nSPS) is 12.3. The van der Waals surface area contributed by atoms with Crippen LogP contribution < -0.4 is 5.32 Å². The standard InChI is InChI=1S/C10H11FINO2/c1-6(15-2)10(14)13-8-5-3-4-7(11)9(8)12/h3-6H,1-2H3,(H,13,14). The van der Waals surface area contributed by atoms with Gasteiger partial charge in [-0.05, 0) is 41.6 Å². The van der Waals surface area contributed by atoms with Gasteiger partial charge in [0.15, 0.2) is 0 Å². The van der Waals surface area contributed by atoms with Crippen molar-refractivity contribution in [1.82, 2.24) is 0 Å². The minimum Gasteiger partial charge on any atom is -0.372 e. The third-order valence-electron chi connectivity index (χ3n) is 1.93. The van der Waals surface area contributed by atoms with Crippen molar-refractivity contribution in [3.05, 3.63) is 27.6 Å². The molecule has 1 aromatic rings. The first-order valence-electron chi connectivity index (χ1n) is 4.34. The van der Waals surface area contributed by atoms with Crippen LogP contribution in [0.15, 0.2) is 18.2 Å². The molecule has 1 rings (SSSR count). The van der Waals surface area contributed by atoms with Crippen molar-refractivity contribution in [3.8, 4) is 0 Å². The van der Waals surface area contributed by atoms with E-state index in [0.29, 0.717) is 9.26 Å². The van der Waals surface area contributed by atoms with Gasteiger partial charge in [0.05, 0.1) is 9.26 Å². The van der Waals surface area contributed by atoms with E-state index in [2.05, 4.69) is 5.32 Å². The molecule has 1 unspecified atom stereocenters. The molecular weight excluding hydrogens is 312 g/mol. The Bertz CT molecular complexity index is 370. The maximum atomic E-state index is 13.1. The van der Waals surface area contributed by atoms with Gasteiger partial charge in [0.1, 0.15) is 11.9 Å². The summed E-state index contributed by atoms with van der Waals surface area (Å²) in [7, 11) is 1.45. The summed E-state index contributed by atoms with van der Waals surface area (Å²) in [6, 6.07) is 4.53. The predicted octanol–water partition coefficient (Wildman–Crippen LogP) is 2.40. The number of hydrogen-bond donors (Lipinski definition) is 1. The molecule has 0 saturated heterocycles. The van der Waals surface area contributed by atoms with Gasteiger partial charge >= 0.3 is 0 Å². The molecule has 0 aliphatic carbocycles. The van der Waals surface area contributed by atoms with E-state index in [1.54, 1.807) is 19.1 Å². The Morgan fingerprint density at radius 2 is 2.27 bits per heavy atom. The number of halogens is 2. The Hall–Kier alpha value is -0.690. The van der Waals surface area contributed by atoms with Gasteiger partial charge in [-0.15, -0.1) is 0 Å². The average molecular weight is 323 g/mol. The summed E-state index contributed by atoms with van der Waals surface area (Å²) in [6.45, 7) is 1.63. The molecule has 0 fully saturated rings. The zero-order chi connectivity index (χ0) is 11.4. The second-order valence-electron chi connectivity index (χ2n) is 2.97. The maximum Gasteiger partial charge on any atom is 0.253 e. The molecule has 0 radical (unpaired) electrons.